The molecular formula is C15H20N2S. The van der Waals surface area contributed by atoms with Crippen molar-refractivity contribution in [3.05, 3.63) is 51.7 Å². The zero-order valence-electron chi connectivity index (χ0n) is 10.8. The van der Waals surface area contributed by atoms with Gasteiger partial charge in [-0.2, -0.15) is 0 Å². The summed E-state index contributed by atoms with van der Waals surface area (Å²) in [4.78, 5) is 2.79. The molecule has 0 amide bonds. The molecule has 0 aliphatic rings. The van der Waals surface area contributed by atoms with E-state index in [1.54, 1.807) is 0 Å². The SMILES string of the molecule is Cc1ccc(CNCCCc2cccc(N)c2)s1. The molecule has 0 atom stereocenters. The maximum Gasteiger partial charge on any atom is 0.0316 e. The van der Waals surface area contributed by atoms with E-state index in [1.807, 2.05) is 23.5 Å². The Bertz CT molecular complexity index is 491. The van der Waals surface area contributed by atoms with Gasteiger partial charge in [0, 0.05) is 22.0 Å². The molecule has 2 nitrogen and oxygen atoms in total. The molecule has 0 unspecified atom stereocenters. The molecule has 0 aliphatic carbocycles. The number of thiophene rings is 1. The highest BCUT2D eigenvalue weighted by atomic mass is 32.1. The van der Waals surface area contributed by atoms with Crippen LogP contribution < -0.4 is 11.1 Å². The highest BCUT2D eigenvalue weighted by molar-refractivity contribution is 7.11. The molecule has 0 fully saturated rings. The average molecular weight is 260 g/mol. The molecule has 0 aliphatic heterocycles. The third-order valence-corrected chi connectivity index (χ3v) is 3.87. The predicted molar refractivity (Wildman–Crippen MR) is 79.9 cm³/mol. The molecule has 0 saturated carbocycles. The fourth-order valence-corrected chi connectivity index (χ4v) is 2.82. The van der Waals surface area contributed by atoms with Crippen LogP contribution in [0.15, 0.2) is 36.4 Å². The minimum absolute atomic E-state index is 0.856. The Labute approximate surface area is 113 Å². The lowest BCUT2D eigenvalue weighted by atomic mass is 10.1. The third-order valence-electron chi connectivity index (χ3n) is 2.87. The Hall–Kier alpha value is -1.32. The Morgan fingerprint density at radius 3 is 2.83 bits per heavy atom. The van der Waals surface area contributed by atoms with E-state index < -0.39 is 0 Å². The van der Waals surface area contributed by atoms with E-state index in [9.17, 15) is 0 Å². The molecule has 0 saturated heterocycles. The van der Waals surface area contributed by atoms with Crippen LogP contribution in [0.3, 0.4) is 0 Å². The first kappa shape index (κ1) is 13.1. The van der Waals surface area contributed by atoms with Crippen molar-refractivity contribution in [3.63, 3.8) is 0 Å². The molecule has 2 rings (SSSR count). The Kier molecular flexibility index (Phi) is 4.79. The van der Waals surface area contributed by atoms with Crippen LogP contribution in [0.25, 0.3) is 0 Å². The second-order valence-electron chi connectivity index (χ2n) is 4.54. The van der Waals surface area contributed by atoms with Crippen LogP contribution in [0.5, 0.6) is 0 Å². The highest BCUT2D eigenvalue weighted by Crippen LogP contribution is 2.14. The van der Waals surface area contributed by atoms with Gasteiger partial charge in [-0.25, -0.2) is 0 Å². The average Bonchev–Trinajstić information content (AvgIpc) is 2.75. The van der Waals surface area contributed by atoms with Gasteiger partial charge in [0.05, 0.1) is 0 Å². The van der Waals surface area contributed by atoms with Gasteiger partial charge >= 0.3 is 0 Å². The molecule has 1 aromatic heterocycles. The van der Waals surface area contributed by atoms with E-state index in [1.165, 1.54) is 15.3 Å². The van der Waals surface area contributed by atoms with Crippen molar-refractivity contribution in [2.75, 3.05) is 12.3 Å². The summed E-state index contributed by atoms with van der Waals surface area (Å²) in [5.41, 5.74) is 7.93. The van der Waals surface area contributed by atoms with E-state index in [-0.39, 0.29) is 0 Å². The van der Waals surface area contributed by atoms with Gasteiger partial charge in [0.2, 0.25) is 0 Å². The van der Waals surface area contributed by atoms with Crippen molar-refractivity contribution in [2.24, 2.45) is 0 Å². The number of hydrogen-bond acceptors (Lipinski definition) is 3. The van der Waals surface area contributed by atoms with Crippen molar-refractivity contribution >= 4 is 17.0 Å². The third kappa shape index (κ3) is 4.17. The number of hydrogen-bond donors (Lipinski definition) is 2. The van der Waals surface area contributed by atoms with Crippen molar-refractivity contribution in [3.8, 4) is 0 Å². The van der Waals surface area contributed by atoms with Crippen LogP contribution >= 0.6 is 11.3 Å². The summed E-state index contributed by atoms with van der Waals surface area (Å²) in [6, 6.07) is 12.5. The van der Waals surface area contributed by atoms with Crippen molar-refractivity contribution in [1.82, 2.24) is 5.32 Å². The molecule has 18 heavy (non-hydrogen) atoms. The molecule has 1 aromatic carbocycles. The summed E-state index contributed by atoms with van der Waals surface area (Å²) >= 11 is 1.87. The molecule has 0 radical (unpaired) electrons. The maximum absolute atomic E-state index is 5.75. The summed E-state index contributed by atoms with van der Waals surface area (Å²) < 4.78 is 0. The van der Waals surface area contributed by atoms with Crippen molar-refractivity contribution in [2.45, 2.75) is 26.3 Å². The minimum atomic E-state index is 0.856. The van der Waals surface area contributed by atoms with Crippen molar-refractivity contribution in [1.29, 1.82) is 0 Å². The first-order valence-electron chi connectivity index (χ1n) is 6.34. The van der Waals surface area contributed by atoms with E-state index in [2.05, 4.69) is 36.5 Å². The second-order valence-corrected chi connectivity index (χ2v) is 5.91. The standard InChI is InChI=1S/C15H20N2S/c1-12-7-8-15(18-12)11-17-9-3-5-13-4-2-6-14(16)10-13/h2,4,6-8,10,17H,3,5,9,11,16H2,1H3. The molecule has 0 bridgehead atoms. The quantitative estimate of drug-likeness (QED) is 0.617. The summed E-state index contributed by atoms with van der Waals surface area (Å²) in [5.74, 6) is 0. The van der Waals surface area contributed by atoms with Gasteiger partial charge in [-0.05, 0) is 56.1 Å². The number of aryl methyl sites for hydroxylation is 2. The van der Waals surface area contributed by atoms with Crippen LogP contribution in [0.1, 0.15) is 21.7 Å². The number of nitrogens with two attached hydrogens (primary N) is 1. The summed E-state index contributed by atoms with van der Waals surface area (Å²) in [7, 11) is 0. The first-order valence-corrected chi connectivity index (χ1v) is 7.16. The number of rotatable bonds is 6. The molecule has 3 heteroatoms. The van der Waals surface area contributed by atoms with Crippen LogP contribution in [0, 0.1) is 6.92 Å². The van der Waals surface area contributed by atoms with Crippen LogP contribution in [0.4, 0.5) is 5.69 Å². The van der Waals surface area contributed by atoms with Gasteiger partial charge in [0.15, 0.2) is 0 Å². The number of nitrogen functional groups attached to an aromatic ring is 1. The normalized spacial score (nSPS) is 10.7. The largest absolute Gasteiger partial charge is 0.399 e. The predicted octanol–water partition coefficient (Wildman–Crippen LogP) is 3.36. The smallest absolute Gasteiger partial charge is 0.0316 e. The Balaban J connectivity index is 1.64. The summed E-state index contributed by atoms with van der Waals surface area (Å²) in [6.07, 6.45) is 2.23. The van der Waals surface area contributed by atoms with E-state index >= 15 is 0 Å². The Morgan fingerprint density at radius 2 is 2.11 bits per heavy atom. The number of nitrogens with one attached hydrogen (secondary N) is 1. The molecule has 0 spiro atoms. The van der Waals surface area contributed by atoms with Gasteiger partial charge in [0.1, 0.15) is 0 Å². The van der Waals surface area contributed by atoms with Gasteiger partial charge in [-0.3, -0.25) is 0 Å². The Morgan fingerprint density at radius 1 is 1.22 bits per heavy atom. The second kappa shape index (κ2) is 6.57. The topological polar surface area (TPSA) is 38.0 Å². The van der Waals surface area contributed by atoms with Gasteiger partial charge in [0.25, 0.3) is 0 Å². The lowest BCUT2D eigenvalue weighted by Crippen LogP contribution is -2.14. The lowest BCUT2D eigenvalue weighted by Gasteiger charge is -2.04. The fraction of sp³-hybridized carbons (Fsp3) is 0.333. The van der Waals surface area contributed by atoms with Gasteiger partial charge in [-0.15, -0.1) is 11.3 Å². The van der Waals surface area contributed by atoms with Gasteiger partial charge < -0.3 is 11.1 Å². The molecule has 1 heterocycles. The fourth-order valence-electron chi connectivity index (χ4n) is 1.96. The maximum atomic E-state index is 5.75. The first-order chi connectivity index (χ1) is 8.74. The molecule has 2 aromatic rings. The summed E-state index contributed by atoms with van der Waals surface area (Å²) in [6.45, 7) is 4.18. The highest BCUT2D eigenvalue weighted by Gasteiger charge is 1.97. The van der Waals surface area contributed by atoms with E-state index in [0.29, 0.717) is 0 Å². The minimum Gasteiger partial charge on any atom is -0.399 e. The summed E-state index contributed by atoms with van der Waals surface area (Å²) in [5, 5.41) is 3.48. The van der Waals surface area contributed by atoms with E-state index in [4.69, 9.17) is 5.73 Å². The number of benzene rings is 1. The monoisotopic (exact) mass is 260 g/mol. The van der Waals surface area contributed by atoms with Crippen molar-refractivity contribution < 1.29 is 0 Å². The van der Waals surface area contributed by atoms with Gasteiger partial charge in [-0.1, -0.05) is 12.1 Å². The molecule has 3 N–H and O–H groups in total. The number of anilines is 1. The molecular weight excluding hydrogens is 240 g/mol. The van der Waals surface area contributed by atoms with Crippen LogP contribution in [-0.2, 0) is 13.0 Å². The molecule has 96 valence electrons. The van der Waals surface area contributed by atoms with E-state index in [0.717, 1.165) is 31.6 Å². The van der Waals surface area contributed by atoms with Crippen LogP contribution in [0.2, 0.25) is 0 Å². The zero-order valence-corrected chi connectivity index (χ0v) is 11.6. The lowest BCUT2D eigenvalue weighted by molar-refractivity contribution is 0.654. The zero-order chi connectivity index (χ0) is 12.8. The van der Waals surface area contributed by atoms with Crippen LogP contribution in [-0.4, -0.2) is 6.54 Å².